The minimum Gasteiger partial charge on any atom is -0.367 e. The van der Waals surface area contributed by atoms with Crippen LogP contribution in [0.1, 0.15) is 45.1 Å². The lowest BCUT2D eigenvalue weighted by Crippen LogP contribution is -2.73. The fourth-order valence-electron chi connectivity index (χ4n) is 4.96. The summed E-state index contributed by atoms with van der Waals surface area (Å²) in [5, 5.41) is 13.7. The Hall–Kier alpha value is -2.97. The molecule has 4 rings (SSSR count). The molecule has 0 aliphatic carbocycles. The maximum Gasteiger partial charge on any atom is 0.331 e. The molecule has 1 aromatic rings. The molecule has 1 spiro atoms. The second-order valence-corrected chi connectivity index (χ2v) is 8.11. The van der Waals surface area contributed by atoms with Gasteiger partial charge in [0.2, 0.25) is 11.8 Å². The number of urea groups is 1. The first-order chi connectivity index (χ1) is 13.8. The number of piperidine rings is 1. The maximum atomic E-state index is 13.7. The average molecular weight is 400 g/mol. The van der Waals surface area contributed by atoms with Crippen molar-refractivity contribution in [3.63, 3.8) is 0 Å². The highest BCUT2D eigenvalue weighted by Crippen LogP contribution is 2.48. The van der Waals surface area contributed by atoms with Crippen LogP contribution in [0, 0.1) is 15.5 Å². The predicted octanol–water partition coefficient (Wildman–Crippen LogP) is 2.37. The Labute approximate surface area is 168 Å². The number of rotatable bonds is 3. The van der Waals surface area contributed by atoms with E-state index in [0.717, 1.165) is 23.4 Å². The molecular formula is C20H24N4O5. The largest absolute Gasteiger partial charge is 0.367 e. The molecule has 9 nitrogen and oxygen atoms in total. The number of anilines is 1. The van der Waals surface area contributed by atoms with Gasteiger partial charge in [0.15, 0.2) is 5.41 Å². The molecule has 9 heteroatoms. The van der Waals surface area contributed by atoms with E-state index in [1.54, 1.807) is 13.0 Å². The van der Waals surface area contributed by atoms with Crippen LogP contribution in [0.4, 0.5) is 16.2 Å². The summed E-state index contributed by atoms with van der Waals surface area (Å²) in [5.41, 5.74) is -0.106. The van der Waals surface area contributed by atoms with Gasteiger partial charge in [0.1, 0.15) is 0 Å². The smallest absolute Gasteiger partial charge is 0.331 e. The number of nitrogens with zero attached hydrogens (tertiary/aromatic N) is 3. The summed E-state index contributed by atoms with van der Waals surface area (Å²) in [6.45, 7) is 4.32. The number of carbonyl (C=O) groups is 3. The molecule has 2 fully saturated rings. The van der Waals surface area contributed by atoms with Crippen molar-refractivity contribution in [3.8, 4) is 0 Å². The SMILES string of the molecule is CC[C@@H](C)N1C(=O)NC(=O)[C@]2(Cc3cc([N+](=O)[O-])ccc3N3CCCC[C@@H]32)C1=O. The first-order valence-electron chi connectivity index (χ1n) is 10.0. The summed E-state index contributed by atoms with van der Waals surface area (Å²) in [6, 6.07) is 3.20. The Morgan fingerprint density at radius 3 is 2.76 bits per heavy atom. The standard InChI is InChI=1S/C20H24N4O5/c1-3-12(2)23-18(26)20(17(25)21-19(23)27)11-13-10-14(24(28)29)7-8-15(13)22-9-5-4-6-16(20)22/h7-8,10,12,16H,3-6,9,11H2,1-2H3,(H,21,25,27)/t12-,16-,20-/m1/s1. The number of hydrogen-bond acceptors (Lipinski definition) is 6. The van der Waals surface area contributed by atoms with Crippen LogP contribution in [0.5, 0.6) is 0 Å². The lowest BCUT2D eigenvalue weighted by Gasteiger charge is -2.54. The number of hydrogen-bond donors (Lipinski definition) is 1. The molecule has 2 saturated heterocycles. The molecular weight excluding hydrogens is 376 g/mol. The highest BCUT2D eigenvalue weighted by molar-refractivity contribution is 6.20. The Balaban J connectivity index is 1.88. The molecule has 1 aromatic carbocycles. The summed E-state index contributed by atoms with van der Waals surface area (Å²) in [6.07, 6.45) is 3.06. The van der Waals surface area contributed by atoms with Gasteiger partial charge in [-0.25, -0.2) is 4.79 Å². The van der Waals surface area contributed by atoms with E-state index in [-0.39, 0.29) is 24.2 Å². The summed E-state index contributed by atoms with van der Waals surface area (Å²) in [7, 11) is 0. The van der Waals surface area contributed by atoms with Gasteiger partial charge in [-0.2, -0.15) is 0 Å². The van der Waals surface area contributed by atoms with Crippen LogP contribution in [0.25, 0.3) is 0 Å². The number of nitrogens with one attached hydrogen (secondary N) is 1. The molecule has 3 heterocycles. The van der Waals surface area contributed by atoms with E-state index in [4.69, 9.17) is 0 Å². The Morgan fingerprint density at radius 2 is 2.07 bits per heavy atom. The summed E-state index contributed by atoms with van der Waals surface area (Å²) < 4.78 is 0. The third-order valence-electron chi connectivity index (χ3n) is 6.60. The van der Waals surface area contributed by atoms with Crippen molar-refractivity contribution in [2.45, 2.75) is 58.0 Å². The second kappa shape index (κ2) is 6.82. The van der Waals surface area contributed by atoms with Gasteiger partial charge in [0.05, 0.1) is 11.0 Å². The van der Waals surface area contributed by atoms with Crippen LogP contribution in [0.3, 0.4) is 0 Å². The summed E-state index contributed by atoms with van der Waals surface area (Å²) in [5.74, 6) is -1.09. The fourth-order valence-corrected chi connectivity index (χ4v) is 4.96. The number of amides is 4. The topological polar surface area (TPSA) is 113 Å². The van der Waals surface area contributed by atoms with Crippen molar-refractivity contribution in [3.05, 3.63) is 33.9 Å². The molecule has 4 amide bonds. The summed E-state index contributed by atoms with van der Waals surface area (Å²) >= 11 is 0. The third kappa shape index (κ3) is 2.71. The molecule has 0 saturated carbocycles. The molecule has 0 bridgehead atoms. The molecule has 3 aliphatic rings. The Kier molecular flexibility index (Phi) is 4.55. The van der Waals surface area contributed by atoms with Crippen molar-refractivity contribution in [2.75, 3.05) is 11.4 Å². The van der Waals surface area contributed by atoms with Crippen molar-refractivity contribution in [1.29, 1.82) is 0 Å². The lowest BCUT2D eigenvalue weighted by atomic mass is 9.66. The first-order valence-corrected chi connectivity index (χ1v) is 10.0. The van der Waals surface area contributed by atoms with Crippen LogP contribution >= 0.6 is 0 Å². The van der Waals surface area contributed by atoms with Gasteiger partial charge in [-0.15, -0.1) is 0 Å². The van der Waals surface area contributed by atoms with Gasteiger partial charge in [-0.3, -0.25) is 29.9 Å². The van der Waals surface area contributed by atoms with Crippen molar-refractivity contribution >= 4 is 29.2 Å². The number of fused-ring (bicyclic) bond motifs is 4. The zero-order valence-corrected chi connectivity index (χ0v) is 16.5. The molecule has 29 heavy (non-hydrogen) atoms. The monoisotopic (exact) mass is 400 g/mol. The van der Waals surface area contributed by atoms with Crippen molar-refractivity contribution in [2.24, 2.45) is 5.41 Å². The zero-order valence-electron chi connectivity index (χ0n) is 16.5. The van der Waals surface area contributed by atoms with Crippen molar-refractivity contribution < 1.29 is 19.3 Å². The quantitative estimate of drug-likeness (QED) is 0.473. The number of non-ortho nitro benzene ring substituents is 1. The molecule has 1 N–H and O–H groups in total. The lowest BCUT2D eigenvalue weighted by molar-refractivity contribution is -0.384. The van der Waals surface area contributed by atoms with E-state index in [0.29, 0.717) is 24.9 Å². The molecule has 0 unspecified atom stereocenters. The van der Waals surface area contributed by atoms with E-state index in [2.05, 4.69) is 5.32 Å². The Morgan fingerprint density at radius 1 is 1.31 bits per heavy atom. The van der Waals surface area contributed by atoms with Crippen LogP contribution in [0.15, 0.2) is 18.2 Å². The van der Waals surface area contributed by atoms with Gasteiger partial charge in [-0.05, 0) is 44.2 Å². The third-order valence-corrected chi connectivity index (χ3v) is 6.60. The maximum absolute atomic E-state index is 13.7. The van der Waals surface area contributed by atoms with Gasteiger partial charge >= 0.3 is 6.03 Å². The minimum absolute atomic E-state index is 0.0516. The number of nitro groups is 1. The van der Waals surface area contributed by atoms with E-state index in [1.807, 2.05) is 11.8 Å². The highest BCUT2D eigenvalue weighted by Gasteiger charge is 2.62. The molecule has 3 aliphatic heterocycles. The summed E-state index contributed by atoms with van der Waals surface area (Å²) in [4.78, 5) is 53.3. The predicted molar refractivity (Wildman–Crippen MR) is 104 cm³/mol. The van der Waals surface area contributed by atoms with E-state index < -0.39 is 28.2 Å². The van der Waals surface area contributed by atoms with Crippen molar-refractivity contribution in [1.82, 2.24) is 10.2 Å². The van der Waals surface area contributed by atoms with Crippen LogP contribution in [-0.4, -0.2) is 46.3 Å². The molecule has 0 radical (unpaired) electrons. The number of carbonyl (C=O) groups excluding carboxylic acids is 3. The normalized spacial score (nSPS) is 27.4. The molecule has 154 valence electrons. The van der Waals surface area contributed by atoms with E-state index >= 15 is 0 Å². The number of barbiturate groups is 1. The number of benzene rings is 1. The van der Waals surface area contributed by atoms with Crippen LogP contribution < -0.4 is 10.2 Å². The minimum atomic E-state index is -1.46. The molecule has 0 aromatic heterocycles. The Bertz CT molecular complexity index is 916. The van der Waals surface area contributed by atoms with Gasteiger partial charge in [0.25, 0.3) is 5.69 Å². The van der Waals surface area contributed by atoms with Gasteiger partial charge < -0.3 is 4.90 Å². The zero-order chi connectivity index (χ0) is 20.9. The van der Waals surface area contributed by atoms with Gasteiger partial charge in [-0.1, -0.05) is 6.92 Å². The highest BCUT2D eigenvalue weighted by atomic mass is 16.6. The number of nitro benzene ring substituents is 1. The van der Waals surface area contributed by atoms with Crippen LogP contribution in [0.2, 0.25) is 0 Å². The van der Waals surface area contributed by atoms with E-state index in [1.165, 1.54) is 12.1 Å². The fraction of sp³-hybridized carbons (Fsp3) is 0.550. The average Bonchev–Trinajstić information content (AvgIpc) is 2.71. The second-order valence-electron chi connectivity index (χ2n) is 8.11. The molecule has 3 atom stereocenters. The first kappa shape index (κ1) is 19.4. The van der Waals surface area contributed by atoms with Gasteiger partial charge in [0, 0.05) is 36.8 Å². The number of imide groups is 2. The van der Waals surface area contributed by atoms with Crippen LogP contribution in [-0.2, 0) is 16.0 Å². The van der Waals surface area contributed by atoms with E-state index in [9.17, 15) is 24.5 Å².